The summed E-state index contributed by atoms with van der Waals surface area (Å²) in [5, 5.41) is 8.23. The molecule has 6 nitrogen and oxygen atoms in total. The standard InChI is InChI=1S/C22H27Cl2N3O3S/c1-28-19-10-14(11-20(29-2)21(19)30-3)13-27-8-6-16(7-9-27)25-22(31)26-18-5-4-15(23)12-17(18)24/h4-5,10-12,16H,6-9,13H2,1-3H3,(H2,25,26,31). The van der Waals surface area contributed by atoms with E-state index in [0.717, 1.165) is 43.7 Å². The lowest BCUT2D eigenvalue weighted by Crippen LogP contribution is -2.45. The van der Waals surface area contributed by atoms with Crippen molar-refractivity contribution >= 4 is 46.2 Å². The summed E-state index contributed by atoms with van der Waals surface area (Å²) < 4.78 is 16.3. The van der Waals surface area contributed by atoms with Crippen molar-refractivity contribution < 1.29 is 14.2 Å². The Morgan fingerprint density at radius 2 is 1.68 bits per heavy atom. The molecule has 1 aliphatic heterocycles. The predicted octanol–water partition coefficient (Wildman–Crippen LogP) is 4.97. The van der Waals surface area contributed by atoms with E-state index < -0.39 is 0 Å². The molecule has 1 aliphatic rings. The molecule has 0 saturated carbocycles. The molecule has 2 aromatic rings. The second-order valence-electron chi connectivity index (χ2n) is 7.31. The van der Waals surface area contributed by atoms with E-state index in [-0.39, 0.29) is 0 Å². The highest BCUT2D eigenvalue weighted by Gasteiger charge is 2.21. The average Bonchev–Trinajstić information content (AvgIpc) is 2.76. The van der Waals surface area contributed by atoms with E-state index in [1.54, 1.807) is 33.5 Å². The number of methoxy groups -OCH3 is 3. The van der Waals surface area contributed by atoms with Gasteiger partial charge in [-0.3, -0.25) is 4.90 Å². The first-order valence-electron chi connectivity index (χ1n) is 9.97. The minimum absolute atomic E-state index is 0.308. The lowest BCUT2D eigenvalue weighted by atomic mass is 10.0. The number of nitrogens with zero attached hydrogens (tertiary/aromatic N) is 1. The van der Waals surface area contributed by atoms with Gasteiger partial charge >= 0.3 is 0 Å². The summed E-state index contributed by atoms with van der Waals surface area (Å²) >= 11 is 17.6. The van der Waals surface area contributed by atoms with Gasteiger partial charge in [0.05, 0.1) is 32.0 Å². The number of hydrogen-bond acceptors (Lipinski definition) is 5. The maximum absolute atomic E-state index is 6.21. The largest absolute Gasteiger partial charge is 0.493 e. The molecule has 0 spiro atoms. The summed E-state index contributed by atoms with van der Waals surface area (Å²) in [4.78, 5) is 2.41. The molecule has 0 unspecified atom stereocenters. The summed E-state index contributed by atoms with van der Waals surface area (Å²) in [7, 11) is 4.87. The molecule has 168 valence electrons. The third kappa shape index (κ3) is 6.29. The van der Waals surface area contributed by atoms with Crippen LogP contribution in [0.1, 0.15) is 18.4 Å². The molecule has 1 heterocycles. The van der Waals surface area contributed by atoms with E-state index in [1.165, 1.54) is 0 Å². The fourth-order valence-corrected chi connectivity index (χ4v) is 4.39. The van der Waals surface area contributed by atoms with Crippen molar-refractivity contribution in [2.75, 3.05) is 39.7 Å². The van der Waals surface area contributed by atoms with Crippen LogP contribution in [0.25, 0.3) is 0 Å². The number of halogens is 2. The summed E-state index contributed by atoms with van der Waals surface area (Å²) in [5.74, 6) is 1.95. The van der Waals surface area contributed by atoms with Crippen molar-refractivity contribution in [3.05, 3.63) is 45.9 Å². The highest BCUT2D eigenvalue weighted by Crippen LogP contribution is 2.38. The minimum Gasteiger partial charge on any atom is -0.493 e. The first-order chi connectivity index (χ1) is 14.9. The van der Waals surface area contributed by atoms with Crippen molar-refractivity contribution in [2.24, 2.45) is 0 Å². The quantitative estimate of drug-likeness (QED) is 0.539. The van der Waals surface area contributed by atoms with Gasteiger partial charge in [-0.15, -0.1) is 0 Å². The number of likely N-dealkylation sites (tertiary alicyclic amines) is 1. The van der Waals surface area contributed by atoms with Gasteiger partial charge in [0.1, 0.15) is 0 Å². The molecule has 0 aliphatic carbocycles. The van der Waals surface area contributed by atoms with Crippen LogP contribution in [-0.4, -0.2) is 50.5 Å². The fourth-order valence-electron chi connectivity index (χ4n) is 3.65. The van der Waals surface area contributed by atoms with Gasteiger partial charge in [0, 0.05) is 30.7 Å². The van der Waals surface area contributed by atoms with Crippen molar-refractivity contribution in [3.8, 4) is 17.2 Å². The maximum atomic E-state index is 6.21. The number of ether oxygens (including phenoxy) is 3. The molecular weight excluding hydrogens is 457 g/mol. The van der Waals surface area contributed by atoms with E-state index >= 15 is 0 Å². The number of thiocarbonyl (C=S) groups is 1. The van der Waals surface area contributed by atoms with Gasteiger partial charge < -0.3 is 24.8 Å². The molecule has 0 aromatic heterocycles. The van der Waals surface area contributed by atoms with Crippen LogP contribution in [0, 0.1) is 0 Å². The van der Waals surface area contributed by atoms with Gasteiger partial charge in [0.15, 0.2) is 16.6 Å². The van der Waals surface area contributed by atoms with Gasteiger partial charge in [-0.1, -0.05) is 23.2 Å². The monoisotopic (exact) mass is 483 g/mol. The lowest BCUT2D eigenvalue weighted by Gasteiger charge is -2.33. The van der Waals surface area contributed by atoms with Gasteiger partial charge in [-0.05, 0) is 61.0 Å². The average molecular weight is 484 g/mol. The number of hydrogen-bond donors (Lipinski definition) is 2. The molecule has 9 heteroatoms. The van der Waals surface area contributed by atoms with Gasteiger partial charge in [-0.25, -0.2) is 0 Å². The summed E-state index contributed by atoms with van der Waals surface area (Å²) in [6, 6.07) is 9.59. The van der Waals surface area contributed by atoms with Crippen molar-refractivity contribution in [2.45, 2.75) is 25.4 Å². The highest BCUT2D eigenvalue weighted by atomic mass is 35.5. The number of anilines is 1. The third-order valence-electron chi connectivity index (χ3n) is 5.23. The Morgan fingerprint density at radius 1 is 1.03 bits per heavy atom. The summed E-state index contributed by atoms with van der Waals surface area (Å²) in [6.07, 6.45) is 1.97. The van der Waals surface area contributed by atoms with Crippen molar-refractivity contribution in [3.63, 3.8) is 0 Å². The molecule has 2 aromatic carbocycles. The second kappa shape index (κ2) is 11.1. The molecule has 1 saturated heterocycles. The number of rotatable bonds is 7. The smallest absolute Gasteiger partial charge is 0.203 e. The SMILES string of the molecule is COc1cc(CN2CCC(NC(=S)Nc3ccc(Cl)cc3Cl)CC2)cc(OC)c1OC. The van der Waals surface area contributed by atoms with Crippen LogP contribution in [0.2, 0.25) is 10.0 Å². The van der Waals surface area contributed by atoms with Crippen LogP contribution in [0.4, 0.5) is 5.69 Å². The molecule has 31 heavy (non-hydrogen) atoms. The number of nitrogens with one attached hydrogen (secondary N) is 2. The molecule has 0 radical (unpaired) electrons. The maximum Gasteiger partial charge on any atom is 0.203 e. The van der Waals surface area contributed by atoms with Crippen LogP contribution in [0.3, 0.4) is 0 Å². The summed E-state index contributed by atoms with van der Waals surface area (Å²) in [5.41, 5.74) is 1.86. The Balaban J connectivity index is 1.52. The van der Waals surface area contributed by atoms with Crippen molar-refractivity contribution in [1.82, 2.24) is 10.2 Å². The van der Waals surface area contributed by atoms with Crippen LogP contribution in [0.5, 0.6) is 17.2 Å². The second-order valence-corrected chi connectivity index (χ2v) is 8.56. The van der Waals surface area contributed by atoms with E-state index in [4.69, 9.17) is 49.6 Å². The zero-order chi connectivity index (χ0) is 22.4. The highest BCUT2D eigenvalue weighted by molar-refractivity contribution is 7.80. The van der Waals surface area contributed by atoms with Gasteiger partial charge in [0.2, 0.25) is 5.75 Å². The molecular formula is C22H27Cl2N3O3S. The van der Waals surface area contributed by atoms with Crippen LogP contribution < -0.4 is 24.8 Å². The Kier molecular flexibility index (Phi) is 8.49. The molecule has 0 bridgehead atoms. The van der Waals surface area contributed by atoms with E-state index in [9.17, 15) is 0 Å². The lowest BCUT2D eigenvalue weighted by molar-refractivity contribution is 0.198. The first-order valence-corrected chi connectivity index (χ1v) is 11.1. The Bertz CT molecular complexity index is 896. The van der Waals surface area contributed by atoms with Gasteiger partial charge in [-0.2, -0.15) is 0 Å². The minimum atomic E-state index is 0.308. The third-order valence-corrected chi connectivity index (χ3v) is 6.00. The fraction of sp³-hybridized carbons (Fsp3) is 0.409. The topological polar surface area (TPSA) is 55.0 Å². The van der Waals surface area contributed by atoms with Crippen LogP contribution >= 0.6 is 35.4 Å². The predicted molar refractivity (Wildman–Crippen MR) is 130 cm³/mol. The molecule has 2 N–H and O–H groups in total. The van der Waals surface area contributed by atoms with Gasteiger partial charge in [0.25, 0.3) is 0 Å². The number of piperidine rings is 1. The van der Waals surface area contributed by atoms with Crippen molar-refractivity contribution in [1.29, 1.82) is 0 Å². The normalized spacial score (nSPS) is 14.7. The Morgan fingerprint density at radius 3 is 2.23 bits per heavy atom. The Labute approximate surface area is 198 Å². The summed E-state index contributed by atoms with van der Waals surface area (Å²) in [6.45, 7) is 2.73. The van der Waals surface area contributed by atoms with E-state index in [0.29, 0.717) is 38.4 Å². The first kappa shape index (κ1) is 23.7. The Hall–Kier alpha value is -1.93. The number of benzene rings is 2. The zero-order valence-electron chi connectivity index (χ0n) is 17.8. The van der Waals surface area contributed by atoms with E-state index in [1.807, 2.05) is 18.2 Å². The molecule has 0 amide bonds. The molecule has 3 rings (SSSR count). The van der Waals surface area contributed by atoms with Crippen LogP contribution in [0.15, 0.2) is 30.3 Å². The molecule has 1 fully saturated rings. The zero-order valence-corrected chi connectivity index (χ0v) is 20.2. The molecule has 0 atom stereocenters. The van der Waals surface area contributed by atoms with Crippen LogP contribution in [-0.2, 0) is 6.54 Å². The van der Waals surface area contributed by atoms with E-state index in [2.05, 4.69) is 15.5 Å².